The minimum Gasteiger partial charge on any atom is -0.338 e. The van der Waals surface area contributed by atoms with Gasteiger partial charge in [-0.25, -0.2) is 4.79 Å². The van der Waals surface area contributed by atoms with Gasteiger partial charge < -0.3 is 10.6 Å². The lowest BCUT2D eigenvalue weighted by Gasteiger charge is -2.23. The number of urea groups is 1. The zero-order chi connectivity index (χ0) is 13.4. The monoisotopic (exact) mass is 292 g/mol. The van der Waals surface area contributed by atoms with Gasteiger partial charge in [0.25, 0.3) is 0 Å². The molecule has 0 aromatic heterocycles. The van der Waals surface area contributed by atoms with E-state index in [0.29, 0.717) is 19.1 Å². The number of nitrogens with zero attached hydrogens (tertiary/aromatic N) is 1. The number of carbonyl (C=O) groups excluding carboxylic acids is 2. The molecule has 6 nitrogen and oxygen atoms in total. The van der Waals surface area contributed by atoms with Gasteiger partial charge in [0.05, 0.1) is 6.54 Å². The Kier molecular flexibility index (Phi) is 9.55. The Morgan fingerprint density at radius 3 is 2.74 bits per heavy atom. The van der Waals surface area contributed by atoms with Crippen LogP contribution < -0.4 is 16.0 Å². The standard InChI is InChI=1S/C12H24N4O2.ClH/c1-3-6-14-12(18)15-11(17)9-16-7-4-5-10(16)8-13-2;/h10,13H,3-9H2,1-2H3,(H2,14,15,17,18);1H. The molecule has 19 heavy (non-hydrogen) atoms. The lowest BCUT2D eigenvalue weighted by Crippen LogP contribution is -2.47. The van der Waals surface area contributed by atoms with Crippen LogP contribution in [0.2, 0.25) is 0 Å². The summed E-state index contributed by atoms with van der Waals surface area (Å²) in [6.07, 6.45) is 3.08. The Bertz CT molecular complexity index is 289. The van der Waals surface area contributed by atoms with Crippen LogP contribution in [-0.2, 0) is 4.79 Å². The average Bonchev–Trinajstić information content (AvgIpc) is 2.74. The zero-order valence-electron chi connectivity index (χ0n) is 11.7. The molecule has 1 rings (SSSR count). The van der Waals surface area contributed by atoms with Gasteiger partial charge in [-0.3, -0.25) is 15.0 Å². The van der Waals surface area contributed by atoms with E-state index in [1.807, 2.05) is 14.0 Å². The van der Waals surface area contributed by atoms with Crippen molar-refractivity contribution in [2.24, 2.45) is 0 Å². The second-order valence-corrected chi connectivity index (χ2v) is 4.63. The van der Waals surface area contributed by atoms with Crippen molar-refractivity contribution in [3.63, 3.8) is 0 Å². The van der Waals surface area contributed by atoms with Crippen LogP contribution in [0.3, 0.4) is 0 Å². The molecule has 0 bridgehead atoms. The SMILES string of the molecule is CCCNC(=O)NC(=O)CN1CCCC1CNC.Cl. The fraction of sp³-hybridized carbons (Fsp3) is 0.833. The van der Waals surface area contributed by atoms with Gasteiger partial charge in [-0.2, -0.15) is 0 Å². The van der Waals surface area contributed by atoms with E-state index in [0.717, 1.165) is 32.4 Å². The van der Waals surface area contributed by atoms with Crippen molar-refractivity contribution in [2.45, 2.75) is 32.2 Å². The van der Waals surface area contributed by atoms with Gasteiger partial charge in [0.15, 0.2) is 0 Å². The van der Waals surface area contributed by atoms with Crippen LogP contribution in [0.25, 0.3) is 0 Å². The molecule has 3 amide bonds. The number of hydrogen-bond donors (Lipinski definition) is 3. The van der Waals surface area contributed by atoms with Crippen molar-refractivity contribution < 1.29 is 9.59 Å². The van der Waals surface area contributed by atoms with Crippen LogP contribution in [0.1, 0.15) is 26.2 Å². The Hall–Kier alpha value is -0.850. The molecular formula is C12H25ClN4O2. The van der Waals surface area contributed by atoms with Crippen LogP contribution >= 0.6 is 12.4 Å². The third-order valence-corrected chi connectivity index (χ3v) is 3.07. The molecule has 0 spiro atoms. The first kappa shape index (κ1) is 18.1. The summed E-state index contributed by atoms with van der Waals surface area (Å²) in [7, 11) is 1.91. The second-order valence-electron chi connectivity index (χ2n) is 4.63. The number of carbonyl (C=O) groups is 2. The third kappa shape index (κ3) is 6.75. The van der Waals surface area contributed by atoms with Crippen molar-refractivity contribution >= 4 is 24.3 Å². The van der Waals surface area contributed by atoms with Crippen molar-refractivity contribution in [1.29, 1.82) is 0 Å². The molecule has 7 heteroatoms. The van der Waals surface area contributed by atoms with E-state index < -0.39 is 6.03 Å². The summed E-state index contributed by atoms with van der Waals surface area (Å²) in [5, 5.41) is 8.10. The first-order valence-electron chi connectivity index (χ1n) is 6.63. The predicted octanol–water partition coefficient (Wildman–Crippen LogP) is 0.328. The van der Waals surface area contributed by atoms with Crippen LogP contribution in [0, 0.1) is 0 Å². The predicted molar refractivity (Wildman–Crippen MR) is 77.6 cm³/mol. The molecule has 1 heterocycles. The smallest absolute Gasteiger partial charge is 0.321 e. The van der Waals surface area contributed by atoms with Gasteiger partial charge in [-0.05, 0) is 32.9 Å². The van der Waals surface area contributed by atoms with Crippen molar-refractivity contribution in [3.8, 4) is 0 Å². The molecule has 1 fully saturated rings. The van der Waals surface area contributed by atoms with E-state index in [1.165, 1.54) is 0 Å². The van der Waals surface area contributed by atoms with Gasteiger partial charge in [-0.15, -0.1) is 12.4 Å². The first-order chi connectivity index (χ1) is 8.67. The summed E-state index contributed by atoms with van der Waals surface area (Å²) in [6, 6.07) is 0.00525. The van der Waals surface area contributed by atoms with E-state index in [1.54, 1.807) is 0 Å². The largest absolute Gasteiger partial charge is 0.338 e. The lowest BCUT2D eigenvalue weighted by atomic mass is 10.2. The van der Waals surface area contributed by atoms with Gasteiger partial charge in [0.1, 0.15) is 0 Å². The van der Waals surface area contributed by atoms with Crippen molar-refractivity contribution in [3.05, 3.63) is 0 Å². The molecule has 1 saturated heterocycles. The van der Waals surface area contributed by atoms with Gasteiger partial charge in [-0.1, -0.05) is 6.92 Å². The normalized spacial score (nSPS) is 18.7. The number of hydrogen-bond acceptors (Lipinski definition) is 4. The van der Waals surface area contributed by atoms with E-state index in [4.69, 9.17) is 0 Å². The number of rotatable bonds is 6. The molecule has 1 unspecified atom stereocenters. The Labute approximate surface area is 121 Å². The first-order valence-corrected chi connectivity index (χ1v) is 6.63. The summed E-state index contributed by atoms with van der Waals surface area (Å²) < 4.78 is 0. The number of halogens is 1. The van der Waals surface area contributed by atoms with E-state index >= 15 is 0 Å². The topological polar surface area (TPSA) is 73.5 Å². The Balaban J connectivity index is 0.00000324. The second kappa shape index (κ2) is 10.00. The minimum absolute atomic E-state index is 0. The quantitative estimate of drug-likeness (QED) is 0.660. The molecular weight excluding hydrogens is 268 g/mol. The number of likely N-dealkylation sites (N-methyl/N-ethyl adjacent to an activating group) is 1. The van der Waals surface area contributed by atoms with E-state index in [-0.39, 0.29) is 18.3 Å². The van der Waals surface area contributed by atoms with Gasteiger partial charge >= 0.3 is 6.03 Å². The molecule has 112 valence electrons. The molecule has 1 aliphatic rings. The summed E-state index contributed by atoms with van der Waals surface area (Å²) in [4.78, 5) is 25.1. The summed E-state index contributed by atoms with van der Waals surface area (Å²) in [5.74, 6) is -0.230. The maximum atomic E-state index is 11.7. The van der Waals surface area contributed by atoms with Crippen LogP contribution in [-0.4, -0.2) is 56.1 Å². The zero-order valence-corrected chi connectivity index (χ0v) is 12.5. The number of amides is 3. The highest BCUT2D eigenvalue weighted by Gasteiger charge is 2.25. The molecule has 0 aromatic rings. The van der Waals surface area contributed by atoms with Crippen molar-refractivity contribution in [2.75, 3.05) is 33.2 Å². The summed E-state index contributed by atoms with van der Waals surface area (Å²) in [5.41, 5.74) is 0. The van der Waals surface area contributed by atoms with Crippen LogP contribution in [0.4, 0.5) is 4.79 Å². The molecule has 0 aliphatic carbocycles. The molecule has 1 aliphatic heterocycles. The van der Waals surface area contributed by atoms with Gasteiger partial charge in [0.2, 0.25) is 5.91 Å². The van der Waals surface area contributed by atoms with Crippen LogP contribution in [0.5, 0.6) is 0 Å². The van der Waals surface area contributed by atoms with Crippen molar-refractivity contribution in [1.82, 2.24) is 20.9 Å². The van der Waals surface area contributed by atoms with Gasteiger partial charge in [0, 0.05) is 19.1 Å². The molecule has 1 atom stereocenters. The number of imide groups is 1. The molecule has 0 aromatic carbocycles. The third-order valence-electron chi connectivity index (χ3n) is 3.07. The maximum Gasteiger partial charge on any atom is 0.321 e. The highest BCUT2D eigenvalue weighted by atomic mass is 35.5. The average molecular weight is 293 g/mol. The summed E-state index contributed by atoms with van der Waals surface area (Å²) in [6.45, 7) is 4.66. The minimum atomic E-state index is -0.397. The Morgan fingerprint density at radius 2 is 2.11 bits per heavy atom. The maximum absolute atomic E-state index is 11.7. The fourth-order valence-corrected chi connectivity index (χ4v) is 2.20. The van der Waals surface area contributed by atoms with E-state index in [9.17, 15) is 9.59 Å². The molecule has 0 saturated carbocycles. The highest BCUT2D eigenvalue weighted by molar-refractivity contribution is 5.95. The Morgan fingerprint density at radius 1 is 1.37 bits per heavy atom. The summed E-state index contributed by atoms with van der Waals surface area (Å²) >= 11 is 0. The van der Waals surface area contributed by atoms with E-state index in [2.05, 4.69) is 20.9 Å². The molecule has 0 radical (unpaired) electrons. The molecule has 3 N–H and O–H groups in total. The highest BCUT2D eigenvalue weighted by Crippen LogP contribution is 2.15. The lowest BCUT2D eigenvalue weighted by molar-refractivity contribution is -0.121. The fourth-order valence-electron chi connectivity index (χ4n) is 2.20. The van der Waals surface area contributed by atoms with Crippen LogP contribution in [0.15, 0.2) is 0 Å². The number of nitrogens with one attached hydrogen (secondary N) is 3. The number of likely N-dealkylation sites (tertiary alicyclic amines) is 1.